The number of para-hydroxylation sites is 4. The highest BCUT2D eigenvalue weighted by molar-refractivity contribution is 6.11. The highest BCUT2D eigenvalue weighted by atomic mass is 16.3. The number of hydrogen-bond donors (Lipinski definition) is 1. The van der Waals surface area contributed by atoms with Crippen LogP contribution in [0, 0.1) is 0 Å². The molecule has 0 amide bonds. The van der Waals surface area contributed by atoms with E-state index in [1.165, 1.54) is 49.6 Å². The Morgan fingerprint density at radius 2 is 1.20 bits per heavy atom. The fraction of sp³-hybridized carbons (Fsp3) is 0.0303. The van der Waals surface area contributed by atoms with Gasteiger partial charge in [0.25, 0.3) is 0 Å². The van der Waals surface area contributed by atoms with Gasteiger partial charge in [-0.2, -0.15) is 0 Å². The van der Waals surface area contributed by atoms with Crippen molar-refractivity contribution in [3.63, 3.8) is 0 Å². The molecule has 0 bridgehead atoms. The van der Waals surface area contributed by atoms with Gasteiger partial charge in [-0.1, -0.05) is 200 Å². The van der Waals surface area contributed by atoms with Crippen LogP contribution in [0.25, 0.3) is 111 Å². The van der Waals surface area contributed by atoms with Crippen molar-refractivity contribution in [1.29, 1.82) is 0 Å². The maximum absolute atomic E-state index is 7.19. The molecule has 0 spiro atoms. The SMILES string of the molecule is C/C=C(\C=C/c1cc2ccc(-c3cccc4c3oc3ccccc34)cc2n1/C(N)=C/C=C\Cc1cccc(-c2ccc(-c3ccccc3)cc2)c1)c1ccc2c3ccccc3n(-c3ccccc3)c2c1. The minimum Gasteiger partial charge on any atom is -0.455 e. The van der Waals surface area contributed by atoms with E-state index in [1.807, 2.05) is 18.2 Å². The smallest absolute Gasteiger partial charge is 0.143 e. The van der Waals surface area contributed by atoms with Crippen molar-refractivity contribution in [2.75, 3.05) is 0 Å². The second-order valence-electron chi connectivity index (χ2n) is 17.8. The Labute approximate surface area is 407 Å². The van der Waals surface area contributed by atoms with E-state index in [4.69, 9.17) is 10.2 Å². The summed E-state index contributed by atoms with van der Waals surface area (Å²) in [5.41, 5.74) is 24.8. The number of furan rings is 1. The van der Waals surface area contributed by atoms with Gasteiger partial charge in [0.05, 0.1) is 16.6 Å². The molecule has 0 atom stereocenters. The summed E-state index contributed by atoms with van der Waals surface area (Å²) in [7, 11) is 0. The van der Waals surface area contributed by atoms with Crippen LogP contribution in [0.15, 0.2) is 253 Å². The average molecular weight is 900 g/mol. The molecule has 3 aromatic heterocycles. The molecule has 0 saturated carbocycles. The molecule has 0 radical (unpaired) electrons. The quantitative estimate of drug-likeness (QED) is 0.132. The van der Waals surface area contributed by atoms with Gasteiger partial charge >= 0.3 is 0 Å². The lowest BCUT2D eigenvalue weighted by Crippen LogP contribution is -2.07. The molecule has 12 aromatic rings. The van der Waals surface area contributed by atoms with Crippen molar-refractivity contribution < 1.29 is 4.42 Å². The third kappa shape index (κ3) is 7.81. The van der Waals surface area contributed by atoms with Gasteiger partial charge in [-0.15, -0.1) is 0 Å². The normalized spacial score (nSPS) is 12.5. The van der Waals surface area contributed by atoms with Crippen LogP contribution in [0.1, 0.15) is 23.7 Å². The number of aromatic nitrogens is 2. The number of fused-ring (bicyclic) bond motifs is 7. The lowest BCUT2D eigenvalue weighted by Gasteiger charge is -2.11. The summed E-state index contributed by atoms with van der Waals surface area (Å²) in [6.07, 6.45) is 13.6. The Balaban J connectivity index is 0.899. The molecule has 4 nitrogen and oxygen atoms in total. The Bertz CT molecular complexity index is 4030. The van der Waals surface area contributed by atoms with Crippen molar-refractivity contribution in [3.8, 4) is 39.1 Å². The molecule has 0 unspecified atom stereocenters. The molecule has 334 valence electrons. The summed E-state index contributed by atoms with van der Waals surface area (Å²) in [4.78, 5) is 0. The first-order valence-electron chi connectivity index (χ1n) is 23.9. The van der Waals surface area contributed by atoms with Crippen LogP contribution >= 0.6 is 0 Å². The zero-order valence-electron chi connectivity index (χ0n) is 38.8. The molecule has 12 rings (SSSR count). The molecule has 9 aromatic carbocycles. The van der Waals surface area contributed by atoms with Gasteiger partial charge < -0.3 is 14.7 Å². The van der Waals surface area contributed by atoms with Crippen LogP contribution in [-0.2, 0) is 6.42 Å². The van der Waals surface area contributed by atoms with Crippen LogP contribution < -0.4 is 5.73 Å². The van der Waals surface area contributed by atoms with E-state index in [2.05, 4.69) is 253 Å². The molecule has 70 heavy (non-hydrogen) atoms. The monoisotopic (exact) mass is 899 g/mol. The molecule has 0 aliphatic carbocycles. The predicted molar refractivity (Wildman–Crippen MR) is 297 cm³/mol. The predicted octanol–water partition coefficient (Wildman–Crippen LogP) is 17.3. The highest BCUT2D eigenvalue weighted by Crippen LogP contribution is 2.39. The van der Waals surface area contributed by atoms with E-state index >= 15 is 0 Å². The van der Waals surface area contributed by atoms with E-state index in [9.17, 15) is 0 Å². The van der Waals surface area contributed by atoms with E-state index in [0.29, 0.717) is 5.82 Å². The summed E-state index contributed by atoms with van der Waals surface area (Å²) in [5, 5.41) is 5.76. The van der Waals surface area contributed by atoms with Crippen LogP contribution in [0.2, 0.25) is 0 Å². The zero-order chi connectivity index (χ0) is 47.0. The van der Waals surface area contributed by atoms with Gasteiger partial charge in [0.2, 0.25) is 0 Å². The maximum Gasteiger partial charge on any atom is 0.143 e. The average Bonchev–Trinajstić information content (AvgIpc) is 4.10. The molecule has 0 aliphatic rings. The number of hydrogen-bond acceptors (Lipinski definition) is 2. The van der Waals surface area contributed by atoms with Crippen LogP contribution in [0.3, 0.4) is 0 Å². The molecule has 2 N–H and O–H groups in total. The van der Waals surface area contributed by atoms with Crippen molar-refractivity contribution in [2.45, 2.75) is 13.3 Å². The molecule has 0 aliphatic heterocycles. The second-order valence-corrected chi connectivity index (χ2v) is 17.8. The molecule has 3 heterocycles. The van der Waals surface area contributed by atoms with E-state index in [0.717, 1.165) is 72.9 Å². The standard InChI is InChI=1S/C66H49N3O/c1-2-46(51-38-40-58-57-24-10-12-28-61(57)68(63(58)43-51)54-22-7-4-8-23-54)37-39-55-42-53-36-35-52(56-26-16-27-60-59-25-11-13-29-64(59)70-66(56)60)44-62(53)69(55)65(67)30-14-9-17-45-18-15-21-50(41-45)49-33-31-48(32-34-49)47-19-5-3-6-20-47/h2-16,18-44H,17,67H2,1H3/b14-9-,39-37-,46-2+,65-30+. The highest BCUT2D eigenvalue weighted by Gasteiger charge is 2.17. The van der Waals surface area contributed by atoms with Gasteiger partial charge in [-0.05, 0) is 112 Å². The van der Waals surface area contributed by atoms with Crippen molar-refractivity contribution in [3.05, 3.63) is 266 Å². The first kappa shape index (κ1) is 42.2. The molecular formula is C66H49N3O. The minimum atomic E-state index is 0.619. The van der Waals surface area contributed by atoms with Crippen molar-refractivity contribution in [2.24, 2.45) is 5.73 Å². The van der Waals surface area contributed by atoms with Crippen molar-refractivity contribution in [1.82, 2.24) is 9.13 Å². The molecule has 0 saturated heterocycles. The topological polar surface area (TPSA) is 49.0 Å². The number of benzene rings is 9. The number of rotatable bonds is 11. The fourth-order valence-electron chi connectivity index (χ4n) is 10.1. The Morgan fingerprint density at radius 3 is 2.03 bits per heavy atom. The third-order valence-electron chi connectivity index (χ3n) is 13.6. The van der Waals surface area contributed by atoms with Crippen molar-refractivity contribution >= 4 is 72.1 Å². The fourth-order valence-corrected chi connectivity index (χ4v) is 10.1. The van der Waals surface area contributed by atoms with Gasteiger partial charge in [-0.3, -0.25) is 4.57 Å². The Hall–Kier alpha value is -9.12. The van der Waals surface area contributed by atoms with Crippen LogP contribution in [-0.4, -0.2) is 9.13 Å². The first-order valence-corrected chi connectivity index (χ1v) is 23.9. The molecular weight excluding hydrogens is 851 g/mol. The third-order valence-corrected chi connectivity index (χ3v) is 13.6. The number of nitrogens with two attached hydrogens (primary N) is 1. The number of nitrogens with zero attached hydrogens (tertiary/aromatic N) is 2. The Morgan fingerprint density at radius 1 is 0.529 bits per heavy atom. The number of allylic oxidation sites excluding steroid dienone is 6. The summed E-state index contributed by atoms with van der Waals surface area (Å²) in [6.45, 7) is 2.10. The summed E-state index contributed by atoms with van der Waals surface area (Å²) < 4.78 is 11.0. The Kier molecular flexibility index (Phi) is 11.0. The largest absolute Gasteiger partial charge is 0.455 e. The second kappa shape index (κ2) is 18.2. The van der Waals surface area contributed by atoms with Gasteiger partial charge in [0.15, 0.2) is 0 Å². The lowest BCUT2D eigenvalue weighted by atomic mass is 9.98. The zero-order valence-corrected chi connectivity index (χ0v) is 38.8. The maximum atomic E-state index is 7.19. The summed E-state index contributed by atoms with van der Waals surface area (Å²) >= 11 is 0. The molecule has 0 fully saturated rings. The van der Waals surface area contributed by atoms with E-state index < -0.39 is 0 Å². The minimum absolute atomic E-state index is 0.619. The van der Waals surface area contributed by atoms with E-state index in [-0.39, 0.29) is 0 Å². The lowest BCUT2D eigenvalue weighted by molar-refractivity contribution is 0.670. The van der Waals surface area contributed by atoms with Crippen LogP contribution in [0.4, 0.5) is 0 Å². The van der Waals surface area contributed by atoms with E-state index in [1.54, 1.807) is 0 Å². The molecule has 4 heteroatoms. The first-order chi connectivity index (χ1) is 34.6. The summed E-state index contributed by atoms with van der Waals surface area (Å²) in [5.74, 6) is 0.619. The summed E-state index contributed by atoms with van der Waals surface area (Å²) in [6, 6.07) is 77.7. The van der Waals surface area contributed by atoms with Gasteiger partial charge in [0.1, 0.15) is 17.0 Å². The van der Waals surface area contributed by atoms with Gasteiger partial charge in [0, 0.05) is 43.9 Å². The van der Waals surface area contributed by atoms with Crippen LogP contribution in [0.5, 0.6) is 0 Å². The van der Waals surface area contributed by atoms with Gasteiger partial charge in [-0.25, -0.2) is 0 Å².